The zero-order valence-electron chi connectivity index (χ0n) is 10.8. The van der Waals surface area contributed by atoms with Crippen molar-refractivity contribution in [1.29, 1.82) is 0 Å². The summed E-state index contributed by atoms with van der Waals surface area (Å²) in [4.78, 5) is 11.5. The third-order valence-corrected chi connectivity index (χ3v) is 3.45. The van der Waals surface area contributed by atoms with Crippen molar-refractivity contribution in [3.63, 3.8) is 0 Å². The fourth-order valence-corrected chi connectivity index (χ4v) is 2.50. The van der Waals surface area contributed by atoms with E-state index in [0.29, 0.717) is 11.5 Å². The number of nitrogens with two attached hydrogens (primary N) is 1. The maximum Gasteiger partial charge on any atom is 0.316 e. The molecule has 0 aliphatic carbocycles. The highest BCUT2D eigenvalue weighted by Crippen LogP contribution is 2.23. The fourth-order valence-electron chi connectivity index (χ4n) is 1.31. The lowest BCUT2D eigenvalue weighted by Gasteiger charge is -2.19. The summed E-state index contributed by atoms with van der Waals surface area (Å²) in [6.45, 7) is 5.59. The molecule has 0 saturated heterocycles. The third-order valence-electron chi connectivity index (χ3n) is 2.01. The number of thioether (sulfide) groups is 1. The molecule has 1 aromatic carbocycles. The summed E-state index contributed by atoms with van der Waals surface area (Å²) in [6.07, 6.45) is 0. The van der Waals surface area contributed by atoms with E-state index in [1.165, 1.54) is 11.8 Å². The van der Waals surface area contributed by atoms with E-state index in [4.69, 9.17) is 10.5 Å². The maximum atomic E-state index is 11.5. The molecule has 0 heterocycles. The minimum Gasteiger partial charge on any atom is -0.459 e. The minimum absolute atomic E-state index is 0.191. The molecule has 0 fully saturated rings. The summed E-state index contributed by atoms with van der Waals surface area (Å²) in [5.74, 6) is 0.855. The van der Waals surface area contributed by atoms with Gasteiger partial charge in [0.25, 0.3) is 0 Å². The Morgan fingerprint density at radius 3 is 2.67 bits per heavy atom. The second kappa shape index (κ2) is 6.48. The number of ether oxygens (including phenoxy) is 1. The lowest BCUT2D eigenvalue weighted by Crippen LogP contribution is -2.24. The van der Waals surface area contributed by atoms with Crippen LogP contribution in [0.3, 0.4) is 0 Å². The molecule has 3 nitrogen and oxygen atoms in total. The molecule has 0 atom stereocenters. The monoisotopic (exact) mass is 331 g/mol. The number of carbonyl (C=O) groups is 1. The number of hydrogen-bond acceptors (Lipinski definition) is 4. The molecule has 0 aromatic heterocycles. The summed E-state index contributed by atoms with van der Waals surface area (Å²) in [5.41, 5.74) is 7.23. The lowest BCUT2D eigenvalue weighted by atomic mass is 10.2. The van der Waals surface area contributed by atoms with Crippen LogP contribution < -0.4 is 5.73 Å². The Labute approximate surface area is 121 Å². The first-order valence-electron chi connectivity index (χ1n) is 5.61. The van der Waals surface area contributed by atoms with Gasteiger partial charge in [-0.1, -0.05) is 22.0 Å². The van der Waals surface area contributed by atoms with Crippen molar-refractivity contribution in [2.24, 2.45) is 0 Å². The highest BCUT2D eigenvalue weighted by atomic mass is 79.9. The molecule has 5 heteroatoms. The standard InChI is InChI=1S/C13H18BrNO2S/c1-13(2,3)17-12(16)8-18-7-9-4-5-10(14)6-11(9)15/h4-6H,7-8,15H2,1-3H3. The van der Waals surface area contributed by atoms with Crippen molar-refractivity contribution in [2.45, 2.75) is 32.1 Å². The predicted molar refractivity (Wildman–Crippen MR) is 80.6 cm³/mol. The van der Waals surface area contributed by atoms with Crippen LogP contribution in [0.1, 0.15) is 26.3 Å². The van der Waals surface area contributed by atoms with E-state index in [1.54, 1.807) is 0 Å². The Hall–Kier alpha value is -0.680. The van der Waals surface area contributed by atoms with Crippen LogP contribution in [0.25, 0.3) is 0 Å². The van der Waals surface area contributed by atoms with Gasteiger partial charge in [-0.3, -0.25) is 4.79 Å². The van der Waals surface area contributed by atoms with Crippen LogP contribution in [0.15, 0.2) is 22.7 Å². The summed E-state index contributed by atoms with van der Waals surface area (Å²) in [5, 5.41) is 0. The molecular formula is C13H18BrNO2S. The first kappa shape index (κ1) is 15.4. The summed E-state index contributed by atoms with van der Waals surface area (Å²) in [6, 6.07) is 5.77. The highest BCUT2D eigenvalue weighted by Gasteiger charge is 2.16. The van der Waals surface area contributed by atoms with Gasteiger partial charge in [-0.25, -0.2) is 0 Å². The van der Waals surface area contributed by atoms with Crippen molar-refractivity contribution in [2.75, 3.05) is 11.5 Å². The second-order valence-corrected chi connectivity index (χ2v) is 6.82. The maximum absolute atomic E-state index is 11.5. The number of halogens is 1. The van der Waals surface area contributed by atoms with Gasteiger partial charge in [-0.05, 0) is 38.5 Å². The van der Waals surface area contributed by atoms with Crippen LogP contribution in [0.4, 0.5) is 5.69 Å². The molecule has 0 amide bonds. The number of nitrogen functional groups attached to an aromatic ring is 1. The van der Waals surface area contributed by atoms with Gasteiger partial charge >= 0.3 is 5.97 Å². The van der Waals surface area contributed by atoms with Gasteiger partial charge in [-0.2, -0.15) is 0 Å². The first-order valence-corrected chi connectivity index (χ1v) is 7.56. The summed E-state index contributed by atoms with van der Waals surface area (Å²) in [7, 11) is 0. The topological polar surface area (TPSA) is 52.3 Å². The van der Waals surface area contributed by atoms with E-state index >= 15 is 0 Å². The van der Waals surface area contributed by atoms with Gasteiger partial charge in [0, 0.05) is 15.9 Å². The Morgan fingerprint density at radius 2 is 2.11 bits per heavy atom. The van der Waals surface area contributed by atoms with Crippen molar-refractivity contribution in [3.8, 4) is 0 Å². The van der Waals surface area contributed by atoms with Crippen LogP contribution in [0.2, 0.25) is 0 Å². The van der Waals surface area contributed by atoms with E-state index in [0.717, 1.165) is 15.7 Å². The molecule has 1 aromatic rings. The van der Waals surface area contributed by atoms with Crippen molar-refractivity contribution < 1.29 is 9.53 Å². The fraction of sp³-hybridized carbons (Fsp3) is 0.462. The average Bonchev–Trinajstić information content (AvgIpc) is 2.18. The largest absolute Gasteiger partial charge is 0.459 e. The summed E-state index contributed by atoms with van der Waals surface area (Å²) < 4.78 is 6.19. The Balaban J connectivity index is 2.40. The number of hydrogen-bond donors (Lipinski definition) is 1. The predicted octanol–water partition coefficient (Wildman–Crippen LogP) is 3.61. The quantitative estimate of drug-likeness (QED) is 0.676. The molecule has 1 rings (SSSR count). The number of benzene rings is 1. The number of rotatable bonds is 4. The van der Waals surface area contributed by atoms with Gasteiger partial charge in [0.2, 0.25) is 0 Å². The molecule has 0 aliphatic heterocycles. The number of anilines is 1. The SMILES string of the molecule is CC(C)(C)OC(=O)CSCc1ccc(Br)cc1N. The molecule has 0 aliphatic rings. The zero-order valence-corrected chi connectivity index (χ0v) is 13.2. The molecule has 0 saturated carbocycles. The second-order valence-electron chi connectivity index (χ2n) is 4.92. The zero-order chi connectivity index (χ0) is 13.8. The van der Waals surface area contributed by atoms with Crippen LogP contribution >= 0.6 is 27.7 Å². The summed E-state index contributed by atoms with van der Waals surface area (Å²) >= 11 is 4.87. The third kappa shape index (κ3) is 5.78. The van der Waals surface area contributed by atoms with Crippen LogP contribution in [0.5, 0.6) is 0 Å². The molecule has 100 valence electrons. The molecule has 2 N–H and O–H groups in total. The molecule has 0 unspecified atom stereocenters. The van der Waals surface area contributed by atoms with Crippen molar-refractivity contribution in [3.05, 3.63) is 28.2 Å². The van der Waals surface area contributed by atoms with E-state index in [2.05, 4.69) is 15.9 Å². The molecule has 18 heavy (non-hydrogen) atoms. The van der Waals surface area contributed by atoms with Crippen LogP contribution in [-0.2, 0) is 15.3 Å². The van der Waals surface area contributed by atoms with E-state index in [1.807, 2.05) is 39.0 Å². The average molecular weight is 332 g/mol. The number of carbonyl (C=O) groups excluding carboxylic acids is 1. The molecule has 0 radical (unpaired) electrons. The van der Waals surface area contributed by atoms with Gasteiger partial charge in [-0.15, -0.1) is 11.8 Å². The normalized spacial score (nSPS) is 11.3. The van der Waals surface area contributed by atoms with Gasteiger partial charge < -0.3 is 10.5 Å². The van der Waals surface area contributed by atoms with Gasteiger partial charge in [0.05, 0.1) is 5.75 Å². The highest BCUT2D eigenvalue weighted by molar-refractivity contribution is 9.10. The smallest absolute Gasteiger partial charge is 0.316 e. The van der Waals surface area contributed by atoms with E-state index in [-0.39, 0.29) is 5.97 Å². The molecular weight excluding hydrogens is 314 g/mol. The Bertz CT molecular complexity index is 429. The Kier molecular flexibility index (Phi) is 5.53. The van der Waals surface area contributed by atoms with Crippen LogP contribution in [-0.4, -0.2) is 17.3 Å². The molecule has 0 bridgehead atoms. The Morgan fingerprint density at radius 1 is 1.44 bits per heavy atom. The molecule has 0 spiro atoms. The van der Waals surface area contributed by atoms with Crippen molar-refractivity contribution >= 4 is 39.3 Å². The number of esters is 1. The minimum atomic E-state index is -0.422. The van der Waals surface area contributed by atoms with Gasteiger partial charge in [0.15, 0.2) is 0 Å². The van der Waals surface area contributed by atoms with Gasteiger partial charge in [0.1, 0.15) is 5.60 Å². The van der Waals surface area contributed by atoms with Crippen molar-refractivity contribution in [1.82, 2.24) is 0 Å². The van der Waals surface area contributed by atoms with Crippen LogP contribution in [0, 0.1) is 0 Å². The van der Waals surface area contributed by atoms with E-state index in [9.17, 15) is 4.79 Å². The first-order chi connectivity index (χ1) is 8.28. The van der Waals surface area contributed by atoms with E-state index < -0.39 is 5.60 Å². The lowest BCUT2D eigenvalue weighted by molar-refractivity contribution is -0.151.